The molecule has 3 aromatic heterocycles. The summed E-state index contributed by atoms with van der Waals surface area (Å²) in [6, 6.07) is 7.26. The molecular formula is C24H26FN7O3. The molecule has 1 aliphatic rings. The SMILES string of the molecule is Cc1nn(-c2ccnc(Nc3ccc4c(c3)c(C(=O)C(C)F)cn4C)n2)cc1CN1C[C@@H](O)CO1. The Labute approximate surface area is 200 Å². The van der Waals surface area contributed by atoms with Crippen LogP contribution in [-0.4, -0.2) is 65.7 Å². The predicted molar refractivity (Wildman–Crippen MR) is 127 cm³/mol. The Balaban J connectivity index is 1.38. The lowest BCUT2D eigenvalue weighted by atomic mass is 10.1. The van der Waals surface area contributed by atoms with Crippen molar-refractivity contribution in [1.82, 2.24) is 29.4 Å². The third kappa shape index (κ3) is 4.65. The molecule has 2 atom stereocenters. The number of benzene rings is 1. The highest BCUT2D eigenvalue weighted by Crippen LogP contribution is 2.27. The number of alkyl halides is 1. The van der Waals surface area contributed by atoms with Gasteiger partial charge in [-0.1, -0.05) is 0 Å². The third-order valence-corrected chi connectivity index (χ3v) is 5.96. The van der Waals surface area contributed by atoms with Gasteiger partial charge in [-0.25, -0.2) is 14.1 Å². The molecule has 1 unspecified atom stereocenters. The zero-order valence-electron chi connectivity index (χ0n) is 19.6. The van der Waals surface area contributed by atoms with Crippen molar-refractivity contribution >= 4 is 28.3 Å². The smallest absolute Gasteiger partial charge is 0.229 e. The maximum Gasteiger partial charge on any atom is 0.229 e. The van der Waals surface area contributed by atoms with Crippen LogP contribution in [0.1, 0.15) is 28.5 Å². The molecule has 0 radical (unpaired) electrons. The first-order chi connectivity index (χ1) is 16.8. The predicted octanol–water partition coefficient (Wildman–Crippen LogP) is 2.85. The molecule has 1 saturated heterocycles. The fourth-order valence-electron chi connectivity index (χ4n) is 4.15. The van der Waals surface area contributed by atoms with Crippen LogP contribution in [0.25, 0.3) is 16.7 Å². The van der Waals surface area contributed by atoms with Crippen molar-refractivity contribution in [2.45, 2.75) is 32.7 Å². The maximum absolute atomic E-state index is 13.7. The molecule has 1 fully saturated rings. The van der Waals surface area contributed by atoms with Gasteiger partial charge in [0.15, 0.2) is 17.8 Å². The number of anilines is 2. The number of carbonyl (C=O) groups is 1. The molecule has 0 amide bonds. The summed E-state index contributed by atoms with van der Waals surface area (Å²) in [6.45, 7) is 4.41. The van der Waals surface area contributed by atoms with Gasteiger partial charge in [-0.05, 0) is 32.0 Å². The molecular weight excluding hydrogens is 453 g/mol. The van der Waals surface area contributed by atoms with Crippen LogP contribution in [0.5, 0.6) is 0 Å². The number of aliphatic hydroxyl groups excluding tert-OH is 1. The number of hydroxylamine groups is 2. The number of fused-ring (bicyclic) bond motifs is 1. The van der Waals surface area contributed by atoms with Gasteiger partial charge in [-0.2, -0.15) is 15.1 Å². The highest BCUT2D eigenvalue weighted by molar-refractivity contribution is 6.10. The van der Waals surface area contributed by atoms with E-state index in [-0.39, 0.29) is 0 Å². The second-order valence-electron chi connectivity index (χ2n) is 8.69. The first-order valence-corrected chi connectivity index (χ1v) is 11.3. The number of halogens is 1. The van der Waals surface area contributed by atoms with E-state index in [9.17, 15) is 14.3 Å². The van der Waals surface area contributed by atoms with Crippen LogP contribution in [0, 0.1) is 6.92 Å². The van der Waals surface area contributed by atoms with Crippen LogP contribution in [0.4, 0.5) is 16.0 Å². The summed E-state index contributed by atoms with van der Waals surface area (Å²) >= 11 is 0. The number of hydrogen-bond donors (Lipinski definition) is 2. The van der Waals surface area contributed by atoms with Gasteiger partial charge in [0.05, 0.1) is 31.5 Å². The molecule has 35 heavy (non-hydrogen) atoms. The van der Waals surface area contributed by atoms with Gasteiger partial charge in [-0.3, -0.25) is 9.63 Å². The number of β-amino-alcohol motifs (C(OH)–C–C–N with tert-alkyl or cyclic N) is 1. The van der Waals surface area contributed by atoms with E-state index in [0.29, 0.717) is 48.1 Å². The monoisotopic (exact) mass is 479 g/mol. The topological polar surface area (TPSA) is 110 Å². The van der Waals surface area contributed by atoms with Gasteiger partial charge in [0.25, 0.3) is 0 Å². The number of carbonyl (C=O) groups excluding carboxylic acids is 1. The summed E-state index contributed by atoms with van der Waals surface area (Å²) in [7, 11) is 1.82. The highest BCUT2D eigenvalue weighted by atomic mass is 19.1. The second kappa shape index (κ2) is 9.17. The molecule has 0 bridgehead atoms. The van der Waals surface area contributed by atoms with E-state index in [2.05, 4.69) is 20.4 Å². The lowest BCUT2D eigenvalue weighted by molar-refractivity contribution is -0.118. The summed E-state index contributed by atoms with van der Waals surface area (Å²) in [5, 5.41) is 19.8. The van der Waals surface area contributed by atoms with Gasteiger partial charge in [0.2, 0.25) is 5.95 Å². The summed E-state index contributed by atoms with van der Waals surface area (Å²) in [6.07, 6.45) is 3.09. The fraction of sp³-hybridized carbons (Fsp3) is 0.333. The Morgan fingerprint density at radius 1 is 1.34 bits per heavy atom. The number of nitrogens with one attached hydrogen (secondary N) is 1. The Kier molecular flexibility index (Phi) is 6.05. The normalized spacial score (nSPS) is 17.2. The van der Waals surface area contributed by atoms with E-state index in [4.69, 9.17) is 4.84 Å². The maximum atomic E-state index is 13.7. The molecule has 2 N–H and O–H groups in total. The summed E-state index contributed by atoms with van der Waals surface area (Å²) < 4.78 is 17.2. The quantitative estimate of drug-likeness (QED) is 0.390. The highest BCUT2D eigenvalue weighted by Gasteiger charge is 2.23. The minimum absolute atomic E-state index is 0.297. The van der Waals surface area contributed by atoms with E-state index >= 15 is 0 Å². The van der Waals surface area contributed by atoms with E-state index in [1.165, 1.54) is 6.92 Å². The fourth-order valence-corrected chi connectivity index (χ4v) is 4.15. The van der Waals surface area contributed by atoms with Crippen LogP contribution in [-0.2, 0) is 18.4 Å². The zero-order valence-corrected chi connectivity index (χ0v) is 19.6. The van der Waals surface area contributed by atoms with Crippen LogP contribution >= 0.6 is 0 Å². The van der Waals surface area contributed by atoms with Crippen molar-refractivity contribution in [3.8, 4) is 5.82 Å². The van der Waals surface area contributed by atoms with Crippen LogP contribution < -0.4 is 5.32 Å². The Bertz CT molecular complexity index is 1400. The van der Waals surface area contributed by atoms with Crippen molar-refractivity contribution in [3.63, 3.8) is 0 Å². The molecule has 5 rings (SSSR count). The summed E-state index contributed by atoms with van der Waals surface area (Å²) in [5.74, 6) is 0.372. The van der Waals surface area contributed by atoms with E-state index in [1.807, 2.05) is 32.3 Å². The first kappa shape index (κ1) is 23.1. The van der Waals surface area contributed by atoms with Crippen molar-refractivity contribution in [2.24, 2.45) is 7.05 Å². The standard InChI is InChI=1S/C24H26FN7O3/c1-14(25)23(34)20-12-30(3)21-5-4-17(8-19(20)21)27-24-26-7-6-22(28-24)32-10-16(15(2)29-32)9-31-11-18(33)13-35-31/h4-8,10,12,14,18,33H,9,11,13H2,1-3H3,(H,26,27,28)/t14?,18-/m1/s1. The first-order valence-electron chi connectivity index (χ1n) is 11.3. The van der Waals surface area contributed by atoms with E-state index < -0.39 is 18.1 Å². The summed E-state index contributed by atoms with van der Waals surface area (Å²) in [4.78, 5) is 26.7. The van der Waals surface area contributed by atoms with Crippen LogP contribution in [0.3, 0.4) is 0 Å². The molecule has 11 heteroatoms. The van der Waals surface area contributed by atoms with Crippen molar-refractivity contribution in [2.75, 3.05) is 18.5 Å². The number of rotatable bonds is 7. The molecule has 182 valence electrons. The van der Waals surface area contributed by atoms with Gasteiger partial charge in [0, 0.05) is 59.4 Å². The molecule has 0 saturated carbocycles. The zero-order chi connectivity index (χ0) is 24.7. The number of aryl methyl sites for hydroxylation is 2. The molecule has 4 heterocycles. The van der Waals surface area contributed by atoms with Crippen molar-refractivity contribution in [3.05, 3.63) is 59.7 Å². The average molecular weight is 480 g/mol. The van der Waals surface area contributed by atoms with Gasteiger partial charge in [-0.15, -0.1) is 0 Å². The van der Waals surface area contributed by atoms with Crippen LogP contribution in [0.15, 0.2) is 42.9 Å². The van der Waals surface area contributed by atoms with Crippen LogP contribution in [0.2, 0.25) is 0 Å². The average Bonchev–Trinajstić information content (AvgIpc) is 3.51. The Morgan fingerprint density at radius 2 is 2.17 bits per heavy atom. The minimum Gasteiger partial charge on any atom is -0.389 e. The number of nitrogens with zero attached hydrogens (tertiary/aromatic N) is 6. The number of aromatic nitrogens is 5. The molecule has 0 aliphatic carbocycles. The molecule has 0 spiro atoms. The molecule has 1 aromatic carbocycles. The minimum atomic E-state index is -1.58. The third-order valence-electron chi connectivity index (χ3n) is 5.96. The Hall–Kier alpha value is -3.67. The Morgan fingerprint density at radius 3 is 2.91 bits per heavy atom. The van der Waals surface area contributed by atoms with Gasteiger partial charge in [0.1, 0.15) is 0 Å². The van der Waals surface area contributed by atoms with E-state index in [0.717, 1.165) is 16.8 Å². The number of aliphatic hydroxyl groups is 1. The lowest BCUT2D eigenvalue weighted by Gasteiger charge is -2.12. The van der Waals surface area contributed by atoms with Crippen molar-refractivity contribution < 1.29 is 19.1 Å². The molecule has 4 aromatic rings. The van der Waals surface area contributed by atoms with Crippen molar-refractivity contribution in [1.29, 1.82) is 0 Å². The summed E-state index contributed by atoms with van der Waals surface area (Å²) in [5.41, 5.74) is 3.62. The largest absolute Gasteiger partial charge is 0.389 e. The van der Waals surface area contributed by atoms with Gasteiger partial charge < -0.3 is 15.0 Å². The van der Waals surface area contributed by atoms with Gasteiger partial charge >= 0.3 is 0 Å². The number of hydrogen-bond acceptors (Lipinski definition) is 8. The molecule has 1 aliphatic heterocycles. The number of Topliss-reactive ketones (excluding diaryl/α,β-unsaturated/α-hetero) is 1. The number of ketones is 1. The second-order valence-corrected chi connectivity index (χ2v) is 8.69. The van der Waals surface area contributed by atoms with E-state index in [1.54, 1.807) is 38.8 Å². The molecule has 10 nitrogen and oxygen atoms in total. The lowest BCUT2D eigenvalue weighted by Crippen LogP contribution is -2.20.